The summed E-state index contributed by atoms with van der Waals surface area (Å²) >= 11 is 1.23. The molecule has 0 bridgehead atoms. The van der Waals surface area contributed by atoms with Crippen molar-refractivity contribution >= 4 is 34.3 Å². The summed E-state index contributed by atoms with van der Waals surface area (Å²) in [4.78, 5) is 30.6. The van der Waals surface area contributed by atoms with Crippen molar-refractivity contribution in [2.24, 2.45) is 0 Å². The number of rotatable bonds is 7. The van der Waals surface area contributed by atoms with Gasteiger partial charge < -0.3 is 19.5 Å². The Hall–Kier alpha value is -3.04. The first-order valence-corrected chi connectivity index (χ1v) is 10.7. The maximum Gasteiger partial charge on any atom is 0.262 e. The Morgan fingerprint density at radius 2 is 2.00 bits per heavy atom. The number of nitrogens with zero attached hydrogens (tertiary/aromatic N) is 2. The largest absolute Gasteiger partial charge is 0.454 e. The number of ether oxygens (including phenoxy) is 3. The van der Waals surface area contributed by atoms with E-state index in [1.807, 2.05) is 19.1 Å². The van der Waals surface area contributed by atoms with Gasteiger partial charge in [-0.15, -0.1) is 0 Å². The maximum atomic E-state index is 13.1. The molecule has 2 atom stereocenters. The first-order valence-electron chi connectivity index (χ1n) is 9.85. The molecule has 8 nitrogen and oxygen atoms in total. The molecule has 9 heteroatoms. The molecule has 0 spiro atoms. The number of hydrogen-bond donors (Lipinski definition) is 1. The van der Waals surface area contributed by atoms with Crippen LogP contribution >= 0.6 is 11.8 Å². The van der Waals surface area contributed by atoms with Gasteiger partial charge in [0.2, 0.25) is 12.7 Å². The summed E-state index contributed by atoms with van der Waals surface area (Å²) in [5.41, 5.74) is 1.05. The maximum absolute atomic E-state index is 13.1. The van der Waals surface area contributed by atoms with Gasteiger partial charge in [-0.05, 0) is 38.1 Å². The van der Waals surface area contributed by atoms with Crippen molar-refractivity contribution in [2.45, 2.75) is 30.3 Å². The standard InChI is InChI=1S/C22H23N3O5S/c1-13(11-28-3)25-21(27)16-6-4-5-7-17(16)24-22(25)31-14(2)20(26)23-15-8-9-18-19(10-15)30-12-29-18/h4-10,13-14H,11-12H2,1-3H3,(H,23,26)/t13-,14-/m0/s1. The Labute approximate surface area is 183 Å². The number of benzene rings is 2. The monoisotopic (exact) mass is 441 g/mol. The van der Waals surface area contributed by atoms with Crippen LogP contribution in [-0.4, -0.2) is 41.2 Å². The first-order chi connectivity index (χ1) is 15.0. The topological polar surface area (TPSA) is 91.7 Å². The number of aromatic nitrogens is 2. The zero-order valence-corrected chi connectivity index (χ0v) is 18.3. The summed E-state index contributed by atoms with van der Waals surface area (Å²) in [5, 5.41) is 3.39. The van der Waals surface area contributed by atoms with Crippen LogP contribution in [0.1, 0.15) is 19.9 Å². The van der Waals surface area contributed by atoms with E-state index >= 15 is 0 Å². The van der Waals surface area contributed by atoms with Crippen LogP contribution in [0, 0.1) is 0 Å². The normalized spacial score (nSPS) is 14.4. The van der Waals surface area contributed by atoms with Gasteiger partial charge in [0.15, 0.2) is 16.7 Å². The van der Waals surface area contributed by atoms with Gasteiger partial charge in [-0.2, -0.15) is 0 Å². The van der Waals surface area contributed by atoms with Crippen molar-refractivity contribution in [3.05, 3.63) is 52.8 Å². The van der Waals surface area contributed by atoms with Crippen LogP contribution in [0.3, 0.4) is 0 Å². The lowest BCUT2D eigenvalue weighted by Crippen LogP contribution is -2.30. The molecule has 1 amide bonds. The minimum Gasteiger partial charge on any atom is -0.454 e. The molecule has 1 aliphatic heterocycles. The van der Waals surface area contributed by atoms with Gasteiger partial charge in [0.1, 0.15) is 0 Å². The number of nitrogens with one attached hydrogen (secondary N) is 1. The molecule has 4 rings (SSSR count). The van der Waals surface area contributed by atoms with Gasteiger partial charge in [-0.3, -0.25) is 14.2 Å². The molecule has 3 aromatic rings. The van der Waals surface area contributed by atoms with E-state index in [1.54, 1.807) is 48.9 Å². The summed E-state index contributed by atoms with van der Waals surface area (Å²) in [6.45, 7) is 4.19. The summed E-state index contributed by atoms with van der Waals surface area (Å²) in [6, 6.07) is 12.2. The number of amides is 1. The Morgan fingerprint density at radius 1 is 1.23 bits per heavy atom. The molecule has 0 saturated carbocycles. The third kappa shape index (κ3) is 4.38. The molecule has 0 aliphatic carbocycles. The Bertz CT molecular complexity index is 1180. The second-order valence-electron chi connectivity index (χ2n) is 7.21. The number of methoxy groups -OCH3 is 1. The van der Waals surface area contributed by atoms with Gasteiger partial charge in [0, 0.05) is 18.9 Å². The number of para-hydroxylation sites is 1. The van der Waals surface area contributed by atoms with Crippen LogP contribution in [0.15, 0.2) is 52.4 Å². The van der Waals surface area contributed by atoms with Crippen molar-refractivity contribution in [3.8, 4) is 11.5 Å². The highest BCUT2D eigenvalue weighted by molar-refractivity contribution is 8.00. The van der Waals surface area contributed by atoms with Crippen molar-refractivity contribution in [1.82, 2.24) is 9.55 Å². The molecule has 1 aromatic heterocycles. The molecular formula is C22H23N3O5S. The molecule has 0 saturated heterocycles. The summed E-state index contributed by atoms with van der Waals surface area (Å²) in [5.74, 6) is 1.03. The van der Waals surface area contributed by atoms with Gasteiger partial charge in [0.25, 0.3) is 5.56 Å². The molecule has 31 heavy (non-hydrogen) atoms. The molecule has 0 unspecified atom stereocenters. The van der Waals surface area contributed by atoms with Crippen LogP contribution in [0.5, 0.6) is 11.5 Å². The Morgan fingerprint density at radius 3 is 2.81 bits per heavy atom. The SMILES string of the molecule is COC[C@H](C)n1c(S[C@@H](C)C(=O)Nc2ccc3c(c2)OCO3)nc2ccccc2c1=O. The van der Waals surface area contributed by atoms with Crippen molar-refractivity contribution in [1.29, 1.82) is 0 Å². The molecule has 162 valence electrons. The van der Waals surface area contributed by atoms with E-state index in [-0.39, 0.29) is 24.3 Å². The highest BCUT2D eigenvalue weighted by Crippen LogP contribution is 2.34. The predicted octanol–water partition coefficient (Wildman–Crippen LogP) is 3.45. The molecular weight excluding hydrogens is 418 g/mol. The van der Waals surface area contributed by atoms with Crippen molar-refractivity contribution in [2.75, 3.05) is 25.8 Å². The van der Waals surface area contributed by atoms with Crippen LogP contribution in [0.25, 0.3) is 10.9 Å². The average Bonchev–Trinajstić information content (AvgIpc) is 3.22. The highest BCUT2D eigenvalue weighted by Gasteiger charge is 2.22. The lowest BCUT2D eigenvalue weighted by molar-refractivity contribution is -0.115. The fourth-order valence-corrected chi connectivity index (χ4v) is 4.35. The van der Waals surface area contributed by atoms with E-state index in [9.17, 15) is 9.59 Å². The van der Waals surface area contributed by atoms with E-state index in [0.29, 0.717) is 39.9 Å². The molecule has 2 heterocycles. The van der Waals surface area contributed by atoms with Gasteiger partial charge >= 0.3 is 0 Å². The molecule has 1 aliphatic rings. The molecule has 2 aromatic carbocycles. The van der Waals surface area contributed by atoms with Gasteiger partial charge in [0.05, 0.1) is 28.8 Å². The van der Waals surface area contributed by atoms with Crippen LogP contribution < -0.4 is 20.3 Å². The third-order valence-corrected chi connectivity index (χ3v) is 5.98. The zero-order chi connectivity index (χ0) is 22.0. The fourth-order valence-electron chi connectivity index (χ4n) is 3.34. The van der Waals surface area contributed by atoms with E-state index in [2.05, 4.69) is 10.3 Å². The van der Waals surface area contributed by atoms with Crippen molar-refractivity contribution in [3.63, 3.8) is 0 Å². The lowest BCUT2D eigenvalue weighted by atomic mass is 10.2. The number of thioether (sulfide) groups is 1. The number of anilines is 1. The van der Waals surface area contributed by atoms with Crippen molar-refractivity contribution < 1.29 is 19.0 Å². The Kier molecular flexibility index (Phi) is 6.15. The lowest BCUT2D eigenvalue weighted by Gasteiger charge is -2.20. The summed E-state index contributed by atoms with van der Waals surface area (Å²) < 4.78 is 17.5. The van der Waals surface area contributed by atoms with Gasteiger partial charge in [-0.25, -0.2) is 4.98 Å². The second-order valence-corrected chi connectivity index (χ2v) is 8.52. The quantitative estimate of drug-likeness (QED) is 0.443. The summed E-state index contributed by atoms with van der Waals surface area (Å²) in [7, 11) is 1.59. The van der Waals surface area contributed by atoms with Gasteiger partial charge in [-0.1, -0.05) is 23.9 Å². The third-order valence-electron chi connectivity index (χ3n) is 4.92. The minimum atomic E-state index is -0.500. The predicted molar refractivity (Wildman–Crippen MR) is 119 cm³/mol. The smallest absolute Gasteiger partial charge is 0.262 e. The fraction of sp³-hybridized carbons (Fsp3) is 0.318. The highest BCUT2D eigenvalue weighted by atomic mass is 32.2. The first kappa shape index (κ1) is 21.2. The average molecular weight is 442 g/mol. The van der Waals surface area contributed by atoms with E-state index < -0.39 is 5.25 Å². The number of fused-ring (bicyclic) bond motifs is 2. The van der Waals surface area contributed by atoms with E-state index in [4.69, 9.17) is 14.2 Å². The van der Waals surface area contributed by atoms with Crippen LogP contribution in [0.4, 0.5) is 5.69 Å². The number of carbonyl (C=O) groups excluding carboxylic acids is 1. The summed E-state index contributed by atoms with van der Waals surface area (Å²) in [6.07, 6.45) is 0. The number of carbonyl (C=O) groups is 1. The molecule has 0 fully saturated rings. The van der Waals surface area contributed by atoms with Crippen LogP contribution in [-0.2, 0) is 9.53 Å². The van der Waals surface area contributed by atoms with Crippen LogP contribution in [0.2, 0.25) is 0 Å². The minimum absolute atomic E-state index is 0.152. The molecule has 0 radical (unpaired) electrons. The van der Waals surface area contributed by atoms with E-state index in [1.165, 1.54) is 11.8 Å². The Balaban J connectivity index is 1.59. The zero-order valence-electron chi connectivity index (χ0n) is 17.5. The van der Waals surface area contributed by atoms with E-state index in [0.717, 1.165) is 0 Å². The number of hydrogen-bond acceptors (Lipinski definition) is 7. The second kappa shape index (κ2) is 8.99. The molecule has 1 N–H and O–H groups in total.